The molecule has 0 heterocycles. The Bertz CT molecular complexity index is 966. The van der Waals surface area contributed by atoms with Crippen molar-refractivity contribution < 1.29 is 26.7 Å². The predicted molar refractivity (Wildman–Crippen MR) is 103 cm³/mol. The number of para-hydroxylation sites is 1. The highest BCUT2D eigenvalue weighted by Crippen LogP contribution is 2.26. The highest BCUT2D eigenvalue weighted by atomic mass is 32.2. The van der Waals surface area contributed by atoms with Crippen LogP contribution in [0.2, 0.25) is 0 Å². The number of sulfonamides is 1. The molecule has 2 rings (SSSR count). The molecule has 0 spiro atoms. The summed E-state index contributed by atoms with van der Waals surface area (Å²) in [6.45, 7) is 3.09. The summed E-state index contributed by atoms with van der Waals surface area (Å²) in [4.78, 5) is 12.7. The van der Waals surface area contributed by atoms with E-state index in [1.807, 2.05) is 0 Å². The summed E-state index contributed by atoms with van der Waals surface area (Å²) in [5, 5.41) is 2.73. The van der Waals surface area contributed by atoms with E-state index in [9.17, 15) is 22.0 Å². The number of nitrogens with zero attached hydrogens (tertiary/aromatic N) is 1. The fraction of sp³-hybridized carbons (Fsp3) is 0.316. The molecule has 28 heavy (non-hydrogen) atoms. The van der Waals surface area contributed by atoms with Gasteiger partial charge in [-0.1, -0.05) is 18.2 Å². The minimum atomic E-state index is -3.95. The standard InChI is InChI=1S/C19H22F2N2O4S/c1-12(15-7-5-6-8-18(15)27-3)22-19(24)13(2)23(28(4,25)26)14-9-10-16(20)17(21)11-14/h5-13H,1-4H3,(H,22,24)/t12-,13+/m1/s1. The molecule has 0 unspecified atom stereocenters. The second-order valence-corrected chi connectivity index (χ2v) is 8.16. The van der Waals surface area contributed by atoms with Crippen molar-refractivity contribution in [3.05, 3.63) is 59.7 Å². The molecule has 0 aliphatic carbocycles. The van der Waals surface area contributed by atoms with Gasteiger partial charge in [0.25, 0.3) is 0 Å². The van der Waals surface area contributed by atoms with Gasteiger partial charge in [-0.15, -0.1) is 0 Å². The maximum absolute atomic E-state index is 13.6. The quantitative estimate of drug-likeness (QED) is 0.759. The van der Waals surface area contributed by atoms with Crippen LogP contribution in [0.1, 0.15) is 25.5 Å². The average Bonchev–Trinajstić information content (AvgIpc) is 2.63. The monoisotopic (exact) mass is 412 g/mol. The molecule has 2 aromatic rings. The van der Waals surface area contributed by atoms with Crippen LogP contribution in [-0.4, -0.2) is 33.7 Å². The van der Waals surface area contributed by atoms with E-state index in [2.05, 4.69) is 5.32 Å². The number of hydrogen-bond donors (Lipinski definition) is 1. The number of hydrogen-bond acceptors (Lipinski definition) is 4. The molecule has 0 fully saturated rings. The molecule has 0 saturated carbocycles. The van der Waals surface area contributed by atoms with Crippen LogP contribution in [-0.2, 0) is 14.8 Å². The molecule has 2 atom stereocenters. The van der Waals surface area contributed by atoms with Crippen LogP contribution in [0.15, 0.2) is 42.5 Å². The molecular weight excluding hydrogens is 390 g/mol. The maximum atomic E-state index is 13.6. The van der Waals surface area contributed by atoms with Gasteiger partial charge in [0.05, 0.1) is 25.1 Å². The number of carbonyl (C=O) groups is 1. The molecule has 1 N–H and O–H groups in total. The number of carbonyl (C=O) groups excluding carboxylic acids is 1. The first-order valence-corrected chi connectivity index (χ1v) is 10.3. The zero-order valence-electron chi connectivity index (χ0n) is 15.9. The molecular formula is C19H22F2N2O4S. The molecule has 0 aliphatic rings. The molecule has 0 bridgehead atoms. The summed E-state index contributed by atoms with van der Waals surface area (Å²) in [5.41, 5.74) is 0.568. The van der Waals surface area contributed by atoms with Gasteiger partial charge in [-0.2, -0.15) is 0 Å². The van der Waals surface area contributed by atoms with Crippen molar-refractivity contribution in [1.29, 1.82) is 0 Å². The van der Waals surface area contributed by atoms with Crippen molar-refractivity contribution in [1.82, 2.24) is 5.32 Å². The lowest BCUT2D eigenvalue weighted by Gasteiger charge is -2.29. The number of nitrogens with one attached hydrogen (secondary N) is 1. The first-order chi connectivity index (χ1) is 13.1. The third-order valence-electron chi connectivity index (χ3n) is 4.21. The Kier molecular flexibility index (Phi) is 6.60. The lowest BCUT2D eigenvalue weighted by atomic mass is 10.1. The largest absolute Gasteiger partial charge is 0.496 e. The van der Waals surface area contributed by atoms with Crippen LogP contribution < -0.4 is 14.4 Å². The Labute approximate surface area is 163 Å². The van der Waals surface area contributed by atoms with Crippen LogP contribution >= 0.6 is 0 Å². The topological polar surface area (TPSA) is 75.7 Å². The highest BCUT2D eigenvalue weighted by molar-refractivity contribution is 7.92. The second-order valence-electron chi connectivity index (χ2n) is 6.31. The van der Waals surface area contributed by atoms with Crippen molar-refractivity contribution in [3.63, 3.8) is 0 Å². The maximum Gasteiger partial charge on any atom is 0.244 e. The molecule has 0 radical (unpaired) electrons. The third-order valence-corrected chi connectivity index (χ3v) is 5.45. The molecule has 0 aliphatic heterocycles. The minimum Gasteiger partial charge on any atom is -0.496 e. The lowest BCUT2D eigenvalue weighted by molar-refractivity contribution is -0.122. The SMILES string of the molecule is COc1ccccc1[C@@H](C)NC(=O)[C@H](C)N(c1ccc(F)c(F)c1)S(C)(=O)=O. The molecule has 6 nitrogen and oxygen atoms in total. The van der Waals surface area contributed by atoms with Crippen LogP contribution in [0.5, 0.6) is 5.75 Å². The van der Waals surface area contributed by atoms with Crippen molar-refractivity contribution >= 4 is 21.6 Å². The molecule has 1 amide bonds. The summed E-state index contributed by atoms with van der Waals surface area (Å²) in [5.74, 6) is -2.35. The average molecular weight is 412 g/mol. The smallest absolute Gasteiger partial charge is 0.244 e. The number of halogens is 2. The number of ether oxygens (including phenoxy) is 1. The molecule has 9 heteroatoms. The van der Waals surface area contributed by atoms with Gasteiger partial charge in [0, 0.05) is 11.6 Å². The van der Waals surface area contributed by atoms with Crippen molar-refractivity contribution in [2.45, 2.75) is 25.9 Å². The summed E-state index contributed by atoms with van der Waals surface area (Å²) in [6.07, 6.45) is 0.891. The molecule has 2 aromatic carbocycles. The fourth-order valence-corrected chi connectivity index (χ4v) is 4.03. The Balaban J connectivity index is 2.30. The normalized spacial score (nSPS) is 13.5. The number of rotatable bonds is 7. The van der Waals surface area contributed by atoms with Crippen molar-refractivity contribution in [2.24, 2.45) is 0 Å². The number of amides is 1. The van der Waals surface area contributed by atoms with Crippen LogP contribution in [0.25, 0.3) is 0 Å². The van der Waals surface area contributed by atoms with Gasteiger partial charge in [0.2, 0.25) is 15.9 Å². The van der Waals surface area contributed by atoms with Gasteiger partial charge in [0.1, 0.15) is 11.8 Å². The zero-order chi connectivity index (χ0) is 21.1. The number of benzene rings is 2. The van der Waals surface area contributed by atoms with Crippen molar-refractivity contribution in [2.75, 3.05) is 17.7 Å². The molecule has 0 saturated heterocycles. The van der Waals surface area contributed by atoms with Crippen LogP contribution in [0, 0.1) is 11.6 Å². The summed E-state index contributed by atoms with van der Waals surface area (Å²) >= 11 is 0. The third kappa shape index (κ3) is 4.78. The van der Waals surface area contributed by atoms with Gasteiger partial charge in [-0.25, -0.2) is 17.2 Å². The fourth-order valence-electron chi connectivity index (χ4n) is 2.87. The van der Waals surface area contributed by atoms with E-state index < -0.39 is 39.6 Å². The van der Waals surface area contributed by atoms with Gasteiger partial charge in [-0.05, 0) is 32.0 Å². The number of methoxy groups -OCH3 is 1. The van der Waals surface area contributed by atoms with E-state index in [1.165, 1.54) is 14.0 Å². The Hall–Kier alpha value is -2.68. The van der Waals surface area contributed by atoms with Gasteiger partial charge < -0.3 is 10.1 Å². The van der Waals surface area contributed by atoms with Crippen LogP contribution in [0.4, 0.5) is 14.5 Å². The van der Waals surface area contributed by atoms with Gasteiger partial charge >= 0.3 is 0 Å². The second kappa shape index (κ2) is 8.55. The summed E-state index contributed by atoms with van der Waals surface area (Å²) < 4.78 is 57.3. The molecule has 152 valence electrons. The lowest BCUT2D eigenvalue weighted by Crippen LogP contribution is -2.48. The first-order valence-electron chi connectivity index (χ1n) is 8.44. The van der Waals surface area contributed by atoms with Gasteiger partial charge in [0.15, 0.2) is 11.6 Å². The van der Waals surface area contributed by atoms with E-state index in [0.717, 1.165) is 28.8 Å². The Morgan fingerprint density at radius 1 is 1.11 bits per heavy atom. The van der Waals surface area contributed by atoms with Crippen LogP contribution in [0.3, 0.4) is 0 Å². The van der Waals surface area contributed by atoms with Crippen molar-refractivity contribution in [3.8, 4) is 5.75 Å². The highest BCUT2D eigenvalue weighted by Gasteiger charge is 2.30. The minimum absolute atomic E-state index is 0.144. The van der Waals surface area contributed by atoms with E-state index >= 15 is 0 Å². The summed E-state index contributed by atoms with van der Waals surface area (Å²) in [6, 6.07) is 8.07. The first kappa shape index (κ1) is 21.6. The van der Waals surface area contributed by atoms with E-state index in [-0.39, 0.29) is 5.69 Å². The number of anilines is 1. The zero-order valence-corrected chi connectivity index (χ0v) is 16.8. The summed E-state index contributed by atoms with van der Waals surface area (Å²) in [7, 11) is -2.44. The Morgan fingerprint density at radius 3 is 2.32 bits per heavy atom. The van der Waals surface area contributed by atoms with E-state index in [1.54, 1.807) is 31.2 Å². The predicted octanol–water partition coefficient (Wildman–Crippen LogP) is 3.01. The van der Waals surface area contributed by atoms with Gasteiger partial charge in [-0.3, -0.25) is 9.10 Å². The van der Waals surface area contributed by atoms with E-state index in [4.69, 9.17) is 4.74 Å². The van der Waals surface area contributed by atoms with E-state index in [0.29, 0.717) is 11.3 Å². The molecule has 0 aromatic heterocycles. The Morgan fingerprint density at radius 2 is 1.75 bits per heavy atom.